The highest BCUT2D eigenvalue weighted by Gasteiger charge is 2.15. The third kappa shape index (κ3) is 17.8. The van der Waals surface area contributed by atoms with E-state index in [2.05, 4.69) is 22.6 Å². The van der Waals surface area contributed by atoms with Gasteiger partial charge in [-0.2, -0.15) is 0 Å². The Morgan fingerprint density at radius 2 is 1.72 bits per heavy atom. The van der Waals surface area contributed by atoms with Crippen molar-refractivity contribution in [2.24, 2.45) is 5.92 Å². The summed E-state index contributed by atoms with van der Waals surface area (Å²) in [6, 6.07) is 0. The highest BCUT2D eigenvalue weighted by molar-refractivity contribution is 5.44. The zero-order valence-corrected chi connectivity index (χ0v) is 13.5. The van der Waals surface area contributed by atoms with Crippen molar-refractivity contribution in [2.75, 3.05) is 40.8 Å². The normalized spacial score (nSPS) is 17.8. The van der Waals surface area contributed by atoms with Crippen LogP contribution in [-0.4, -0.2) is 52.1 Å². The summed E-state index contributed by atoms with van der Waals surface area (Å²) in [5.41, 5.74) is 0. The summed E-state index contributed by atoms with van der Waals surface area (Å²) in [6.07, 6.45) is 3.41. The molecule has 0 aromatic carbocycles. The van der Waals surface area contributed by atoms with Gasteiger partial charge >= 0.3 is 0 Å². The number of nitrogens with zero attached hydrogens (tertiary/aromatic N) is 1. The fourth-order valence-corrected chi connectivity index (χ4v) is 1.73. The molecule has 0 bridgehead atoms. The minimum Gasteiger partial charge on any atom is -0.362 e. The van der Waals surface area contributed by atoms with Crippen LogP contribution >= 0.6 is 0 Å². The number of carbonyl (C=O) groups is 1. The summed E-state index contributed by atoms with van der Waals surface area (Å²) < 4.78 is 0. The lowest BCUT2D eigenvalue weighted by molar-refractivity contribution is -0.109. The van der Waals surface area contributed by atoms with Crippen molar-refractivity contribution in [3.8, 4) is 0 Å². The second-order valence-corrected chi connectivity index (χ2v) is 3.73. The summed E-state index contributed by atoms with van der Waals surface area (Å²) in [4.78, 5) is 11.5. The van der Waals surface area contributed by atoms with Crippen LogP contribution in [-0.2, 0) is 4.79 Å². The molecule has 0 saturated carbocycles. The first kappa shape index (κ1) is 22.6. The Bertz CT molecular complexity index is 141. The fourth-order valence-electron chi connectivity index (χ4n) is 1.73. The summed E-state index contributed by atoms with van der Waals surface area (Å²) in [5.74, 6) is 0.892. The van der Waals surface area contributed by atoms with E-state index in [1.807, 2.05) is 34.7 Å². The number of likely N-dealkylation sites (tertiary alicyclic amines) is 1. The molecular formula is C14H35N3O. The monoisotopic (exact) mass is 261 g/mol. The maximum Gasteiger partial charge on any atom is 0.206 e. The van der Waals surface area contributed by atoms with Crippen molar-refractivity contribution in [2.45, 2.75) is 40.5 Å². The van der Waals surface area contributed by atoms with Crippen LogP contribution in [0.2, 0.25) is 0 Å². The van der Waals surface area contributed by atoms with Crippen LogP contribution in [0.4, 0.5) is 0 Å². The molecule has 1 amide bonds. The number of piperidine rings is 1. The largest absolute Gasteiger partial charge is 0.362 e. The standard InChI is InChI=1S/C8H18N2.C2H5NO.2C2H6/c1-9-6-8-4-3-5-10(2)7-8;1-3-2-4;2*1-2/h8-9H,3-7H2,1-2H3;2H,1H3,(H,3,4);2*1-2H3. The van der Waals surface area contributed by atoms with Crippen molar-refractivity contribution in [1.82, 2.24) is 15.5 Å². The van der Waals surface area contributed by atoms with Crippen molar-refractivity contribution < 1.29 is 4.79 Å². The molecule has 1 heterocycles. The highest BCUT2D eigenvalue weighted by Crippen LogP contribution is 2.13. The average molecular weight is 261 g/mol. The van der Waals surface area contributed by atoms with Gasteiger partial charge in [0.05, 0.1) is 0 Å². The predicted octanol–water partition coefficient (Wildman–Crippen LogP) is 1.96. The van der Waals surface area contributed by atoms with E-state index in [0.717, 1.165) is 5.92 Å². The molecule has 4 heteroatoms. The quantitative estimate of drug-likeness (QED) is 0.763. The zero-order valence-electron chi connectivity index (χ0n) is 13.5. The third-order valence-corrected chi connectivity index (χ3v) is 2.33. The van der Waals surface area contributed by atoms with Gasteiger partial charge in [-0.1, -0.05) is 27.7 Å². The Balaban J connectivity index is -0.000000238. The summed E-state index contributed by atoms with van der Waals surface area (Å²) in [6.45, 7) is 11.8. The van der Waals surface area contributed by atoms with Gasteiger partial charge in [-0.15, -0.1) is 0 Å². The Morgan fingerprint density at radius 1 is 1.22 bits per heavy atom. The number of hydrogen-bond donors (Lipinski definition) is 2. The minimum atomic E-state index is 0.625. The van der Waals surface area contributed by atoms with Gasteiger partial charge in [-0.3, -0.25) is 4.79 Å². The van der Waals surface area contributed by atoms with E-state index < -0.39 is 0 Å². The molecule has 0 aromatic rings. The second-order valence-electron chi connectivity index (χ2n) is 3.73. The van der Waals surface area contributed by atoms with Crippen LogP contribution in [0.1, 0.15) is 40.5 Å². The lowest BCUT2D eigenvalue weighted by atomic mass is 9.99. The van der Waals surface area contributed by atoms with E-state index >= 15 is 0 Å². The first-order valence-electron chi connectivity index (χ1n) is 7.18. The number of carbonyl (C=O) groups excluding carboxylic acids is 1. The molecule has 1 unspecified atom stereocenters. The van der Waals surface area contributed by atoms with Gasteiger partial charge in [0, 0.05) is 13.6 Å². The van der Waals surface area contributed by atoms with Gasteiger partial charge in [-0.25, -0.2) is 0 Å². The molecule has 1 aliphatic heterocycles. The summed E-state index contributed by atoms with van der Waals surface area (Å²) >= 11 is 0. The highest BCUT2D eigenvalue weighted by atomic mass is 16.1. The lowest BCUT2D eigenvalue weighted by Gasteiger charge is -2.29. The molecule has 1 saturated heterocycles. The van der Waals surface area contributed by atoms with Crippen molar-refractivity contribution in [3.63, 3.8) is 0 Å². The van der Waals surface area contributed by atoms with E-state index in [-0.39, 0.29) is 0 Å². The van der Waals surface area contributed by atoms with Crippen LogP contribution in [0.15, 0.2) is 0 Å². The molecule has 0 aliphatic carbocycles. The van der Waals surface area contributed by atoms with Crippen LogP contribution in [0.5, 0.6) is 0 Å². The Hall–Kier alpha value is -0.610. The molecule has 1 rings (SSSR count). The first-order chi connectivity index (χ1) is 8.74. The Morgan fingerprint density at radius 3 is 2.06 bits per heavy atom. The van der Waals surface area contributed by atoms with Crippen LogP contribution < -0.4 is 10.6 Å². The average Bonchev–Trinajstić information content (AvgIpc) is 2.44. The van der Waals surface area contributed by atoms with Gasteiger partial charge in [0.25, 0.3) is 0 Å². The van der Waals surface area contributed by atoms with Crippen molar-refractivity contribution >= 4 is 6.41 Å². The minimum absolute atomic E-state index is 0.625. The molecule has 2 N–H and O–H groups in total. The predicted molar refractivity (Wildman–Crippen MR) is 82.0 cm³/mol. The van der Waals surface area contributed by atoms with Gasteiger partial charge < -0.3 is 15.5 Å². The molecule has 1 fully saturated rings. The lowest BCUT2D eigenvalue weighted by Crippen LogP contribution is -2.36. The Labute approximate surface area is 115 Å². The molecule has 18 heavy (non-hydrogen) atoms. The first-order valence-corrected chi connectivity index (χ1v) is 7.18. The molecule has 4 nitrogen and oxygen atoms in total. The van der Waals surface area contributed by atoms with Gasteiger partial charge in [0.15, 0.2) is 0 Å². The number of hydrogen-bond acceptors (Lipinski definition) is 3. The number of rotatable bonds is 3. The topological polar surface area (TPSA) is 44.4 Å². The van der Waals surface area contributed by atoms with Crippen LogP contribution in [0.25, 0.3) is 0 Å². The van der Waals surface area contributed by atoms with Crippen molar-refractivity contribution in [1.29, 1.82) is 0 Å². The van der Waals surface area contributed by atoms with Gasteiger partial charge in [-0.05, 0) is 45.9 Å². The second kappa shape index (κ2) is 21.7. The molecule has 1 atom stereocenters. The van der Waals surface area contributed by atoms with Crippen LogP contribution in [0, 0.1) is 5.92 Å². The number of nitrogens with one attached hydrogen (secondary N) is 2. The van der Waals surface area contributed by atoms with E-state index in [4.69, 9.17) is 4.79 Å². The van der Waals surface area contributed by atoms with Gasteiger partial charge in [0.1, 0.15) is 0 Å². The molecule has 0 radical (unpaired) electrons. The summed E-state index contributed by atoms with van der Waals surface area (Å²) in [5, 5.41) is 5.48. The van der Waals surface area contributed by atoms with E-state index in [1.54, 1.807) is 7.05 Å². The summed E-state index contributed by atoms with van der Waals surface area (Å²) in [7, 11) is 5.81. The third-order valence-electron chi connectivity index (χ3n) is 2.33. The zero-order chi connectivity index (χ0) is 14.8. The SMILES string of the molecule is CC.CC.CNC=O.CNCC1CCCN(C)C1. The molecule has 112 valence electrons. The van der Waals surface area contributed by atoms with Gasteiger partial charge in [0.2, 0.25) is 6.41 Å². The molecule has 0 spiro atoms. The van der Waals surface area contributed by atoms with E-state index in [0.29, 0.717) is 6.41 Å². The van der Waals surface area contributed by atoms with E-state index in [9.17, 15) is 0 Å². The molecule has 1 aliphatic rings. The fraction of sp³-hybridized carbons (Fsp3) is 0.929. The maximum atomic E-state index is 9.06. The van der Waals surface area contributed by atoms with Crippen LogP contribution in [0.3, 0.4) is 0 Å². The maximum absolute atomic E-state index is 9.06. The smallest absolute Gasteiger partial charge is 0.206 e. The molecular weight excluding hydrogens is 226 g/mol. The number of amides is 1. The Kier molecular flexibility index (Phi) is 27.1. The van der Waals surface area contributed by atoms with E-state index in [1.165, 1.54) is 32.5 Å². The molecule has 0 aromatic heterocycles. The van der Waals surface area contributed by atoms with Crippen molar-refractivity contribution in [3.05, 3.63) is 0 Å².